The average molecular weight is 391 g/mol. The summed E-state index contributed by atoms with van der Waals surface area (Å²) in [5, 5.41) is 2.83. The molecule has 0 unspecified atom stereocenters. The summed E-state index contributed by atoms with van der Waals surface area (Å²) < 4.78 is 10.3. The van der Waals surface area contributed by atoms with Gasteiger partial charge < -0.3 is 24.6 Å². The van der Waals surface area contributed by atoms with Gasteiger partial charge in [0.25, 0.3) is 0 Å². The van der Waals surface area contributed by atoms with Crippen molar-refractivity contribution >= 4 is 23.6 Å². The molecule has 0 aliphatic carbocycles. The SMILES string of the molecule is CCOC(=O)N1CCC(N(CC(=O)Nc2cc(C)ccc2OC)C(C)=O)CC1. The lowest BCUT2D eigenvalue weighted by Crippen LogP contribution is -2.50. The van der Waals surface area contributed by atoms with E-state index in [1.807, 2.05) is 19.1 Å². The second-order valence-corrected chi connectivity index (χ2v) is 6.82. The number of hydrogen-bond donors (Lipinski definition) is 1. The number of ether oxygens (including phenoxy) is 2. The summed E-state index contributed by atoms with van der Waals surface area (Å²) >= 11 is 0. The predicted octanol–water partition coefficient (Wildman–Crippen LogP) is 2.41. The fraction of sp³-hybridized carbons (Fsp3) is 0.550. The van der Waals surface area contributed by atoms with Gasteiger partial charge in [0.15, 0.2) is 0 Å². The highest BCUT2D eigenvalue weighted by molar-refractivity contribution is 5.95. The molecule has 0 saturated carbocycles. The molecule has 1 aliphatic rings. The first-order valence-corrected chi connectivity index (χ1v) is 9.49. The Morgan fingerprint density at radius 3 is 2.50 bits per heavy atom. The summed E-state index contributed by atoms with van der Waals surface area (Å²) in [7, 11) is 1.54. The first-order chi connectivity index (χ1) is 13.3. The van der Waals surface area contributed by atoms with Gasteiger partial charge in [-0.3, -0.25) is 9.59 Å². The van der Waals surface area contributed by atoms with Gasteiger partial charge in [-0.25, -0.2) is 4.79 Å². The number of anilines is 1. The minimum Gasteiger partial charge on any atom is -0.495 e. The molecule has 2 rings (SSSR count). The van der Waals surface area contributed by atoms with Gasteiger partial charge in [-0.15, -0.1) is 0 Å². The lowest BCUT2D eigenvalue weighted by Gasteiger charge is -2.37. The molecule has 28 heavy (non-hydrogen) atoms. The number of amides is 3. The summed E-state index contributed by atoms with van der Waals surface area (Å²) in [6.45, 7) is 6.44. The third kappa shape index (κ3) is 5.61. The number of rotatable bonds is 6. The van der Waals surface area contributed by atoms with Crippen LogP contribution in [0.2, 0.25) is 0 Å². The first-order valence-electron chi connectivity index (χ1n) is 9.49. The Hall–Kier alpha value is -2.77. The molecule has 0 aromatic heterocycles. The largest absolute Gasteiger partial charge is 0.495 e. The second kappa shape index (κ2) is 9.96. The quantitative estimate of drug-likeness (QED) is 0.805. The normalized spacial score (nSPS) is 14.4. The molecule has 1 aromatic rings. The molecular formula is C20H29N3O5. The van der Waals surface area contributed by atoms with Gasteiger partial charge in [0, 0.05) is 26.1 Å². The van der Waals surface area contributed by atoms with Crippen molar-refractivity contribution in [2.45, 2.75) is 39.7 Å². The molecule has 0 spiro atoms. The number of carbonyl (C=O) groups excluding carboxylic acids is 3. The van der Waals surface area contributed by atoms with E-state index in [-0.39, 0.29) is 30.5 Å². The highest BCUT2D eigenvalue weighted by Gasteiger charge is 2.30. The van der Waals surface area contributed by atoms with Crippen LogP contribution in [-0.4, -0.2) is 67.1 Å². The molecule has 1 fully saturated rings. The smallest absolute Gasteiger partial charge is 0.409 e. The van der Waals surface area contributed by atoms with Crippen LogP contribution in [0.5, 0.6) is 5.75 Å². The number of carbonyl (C=O) groups is 3. The molecule has 1 aromatic carbocycles. The molecule has 3 amide bonds. The third-order valence-electron chi connectivity index (χ3n) is 4.78. The van der Waals surface area contributed by atoms with Gasteiger partial charge in [-0.1, -0.05) is 6.07 Å². The van der Waals surface area contributed by atoms with Gasteiger partial charge in [-0.2, -0.15) is 0 Å². The summed E-state index contributed by atoms with van der Waals surface area (Å²) in [5.41, 5.74) is 1.57. The fourth-order valence-corrected chi connectivity index (χ4v) is 3.34. The maximum Gasteiger partial charge on any atom is 0.409 e. The maximum absolute atomic E-state index is 12.6. The van der Waals surface area contributed by atoms with Gasteiger partial charge in [0.2, 0.25) is 11.8 Å². The van der Waals surface area contributed by atoms with Crippen LogP contribution in [0.15, 0.2) is 18.2 Å². The molecule has 1 N–H and O–H groups in total. The molecule has 8 heteroatoms. The van der Waals surface area contributed by atoms with Gasteiger partial charge in [-0.05, 0) is 44.4 Å². The minimum atomic E-state index is -0.334. The Kier molecular flexibility index (Phi) is 7.66. The van der Waals surface area contributed by atoms with E-state index in [1.165, 1.54) is 6.92 Å². The minimum absolute atomic E-state index is 0.0451. The molecule has 1 aliphatic heterocycles. The number of likely N-dealkylation sites (tertiary alicyclic amines) is 1. The van der Waals surface area contributed by atoms with Crippen LogP contribution in [-0.2, 0) is 14.3 Å². The van der Waals surface area contributed by atoms with Crippen molar-refractivity contribution in [3.05, 3.63) is 23.8 Å². The number of aryl methyl sites for hydroxylation is 1. The van der Waals surface area contributed by atoms with Crippen molar-refractivity contribution in [2.24, 2.45) is 0 Å². The van der Waals surface area contributed by atoms with Crippen molar-refractivity contribution in [3.8, 4) is 5.75 Å². The van der Waals surface area contributed by atoms with E-state index < -0.39 is 0 Å². The summed E-state index contributed by atoms with van der Waals surface area (Å²) in [6.07, 6.45) is 0.887. The van der Waals surface area contributed by atoms with Crippen LogP contribution in [0.25, 0.3) is 0 Å². The number of hydrogen-bond acceptors (Lipinski definition) is 5. The number of benzene rings is 1. The average Bonchev–Trinajstić information content (AvgIpc) is 2.66. The topological polar surface area (TPSA) is 88.2 Å². The van der Waals surface area contributed by atoms with E-state index in [0.29, 0.717) is 44.0 Å². The van der Waals surface area contributed by atoms with Crippen molar-refractivity contribution in [1.82, 2.24) is 9.80 Å². The summed E-state index contributed by atoms with van der Waals surface area (Å²) in [4.78, 5) is 39.7. The van der Waals surface area contributed by atoms with Crippen LogP contribution in [0.1, 0.15) is 32.3 Å². The van der Waals surface area contributed by atoms with Gasteiger partial charge >= 0.3 is 6.09 Å². The van der Waals surface area contributed by atoms with E-state index in [2.05, 4.69) is 5.32 Å². The highest BCUT2D eigenvalue weighted by atomic mass is 16.6. The first kappa shape index (κ1) is 21.5. The molecule has 0 bridgehead atoms. The molecule has 1 heterocycles. The standard InChI is InChI=1S/C20H29N3O5/c1-5-28-20(26)22-10-8-16(9-11-22)23(15(3)24)13-19(25)21-17-12-14(2)6-7-18(17)27-4/h6-7,12,16H,5,8-11,13H2,1-4H3,(H,21,25). The van der Waals surface area contributed by atoms with Crippen LogP contribution in [0, 0.1) is 6.92 Å². The summed E-state index contributed by atoms with van der Waals surface area (Å²) in [6, 6.07) is 5.42. The Morgan fingerprint density at radius 1 is 1.25 bits per heavy atom. The van der Waals surface area contributed by atoms with Crippen molar-refractivity contribution in [2.75, 3.05) is 38.7 Å². The zero-order valence-electron chi connectivity index (χ0n) is 17.0. The number of piperidine rings is 1. The van der Waals surface area contributed by atoms with Gasteiger partial charge in [0.05, 0.1) is 19.4 Å². The van der Waals surface area contributed by atoms with E-state index >= 15 is 0 Å². The maximum atomic E-state index is 12.6. The molecular weight excluding hydrogens is 362 g/mol. The van der Waals surface area contributed by atoms with E-state index in [0.717, 1.165) is 5.56 Å². The monoisotopic (exact) mass is 391 g/mol. The number of methoxy groups -OCH3 is 1. The second-order valence-electron chi connectivity index (χ2n) is 6.82. The number of nitrogens with zero attached hydrogens (tertiary/aromatic N) is 2. The van der Waals surface area contributed by atoms with Crippen LogP contribution in [0.4, 0.5) is 10.5 Å². The van der Waals surface area contributed by atoms with Crippen LogP contribution < -0.4 is 10.1 Å². The Bertz CT molecular complexity index is 714. The van der Waals surface area contributed by atoms with Crippen molar-refractivity contribution in [1.29, 1.82) is 0 Å². The molecule has 154 valence electrons. The van der Waals surface area contributed by atoms with Crippen molar-refractivity contribution in [3.63, 3.8) is 0 Å². The third-order valence-corrected chi connectivity index (χ3v) is 4.78. The van der Waals surface area contributed by atoms with E-state index in [4.69, 9.17) is 9.47 Å². The molecule has 0 atom stereocenters. The zero-order chi connectivity index (χ0) is 20.7. The van der Waals surface area contributed by atoms with Crippen LogP contribution >= 0.6 is 0 Å². The van der Waals surface area contributed by atoms with E-state index in [1.54, 1.807) is 29.9 Å². The van der Waals surface area contributed by atoms with E-state index in [9.17, 15) is 14.4 Å². The number of nitrogens with one attached hydrogen (secondary N) is 1. The fourth-order valence-electron chi connectivity index (χ4n) is 3.34. The lowest BCUT2D eigenvalue weighted by molar-refractivity contribution is -0.136. The van der Waals surface area contributed by atoms with Crippen LogP contribution in [0.3, 0.4) is 0 Å². The molecule has 1 saturated heterocycles. The Labute approximate surface area is 165 Å². The Balaban J connectivity index is 1.98. The summed E-state index contributed by atoms with van der Waals surface area (Å²) in [5.74, 6) is 0.115. The lowest BCUT2D eigenvalue weighted by atomic mass is 10.0. The van der Waals surface area contributed by atoms with Gasteiger partial charge in [0.1, 0.15) is 12.3 Å². The zero-order valence-corrected chi connectivity index (χ0v) is 17.0. The van der Waals surface area contributed by atoms with Crippen molar-refractivity contribution < 1.29 is 23.9 Å². The Morgan fingerprint density at radius 2 is 1.93 bits per heavy atom. The highest BCUT2D eigenvalue weighted by Crippen LogP contribution is 2.25. The molecule has 0 radical (unpaired) electrons. The predicted molar refractivity (Wildman–Crippen MR) is 105 cm³/mol. The molecule has 8 nitrogen and oxygen atoms in total.